The van der Waals surface area contributed by atoms with Gasteiger partial charge in [0, 0.05) is 11.8 Å². The third-order valence-corrected chi connectivity index (χ3v) is 3.04. The highest BCUT2D eigenvalue weighted by Gasteiger charge is 2.64. The van der Waals surface area contributed by atoms with E-state index in [1.165, 1.54) is 0 Å². The van der Waals surface area contributed by atoms with Crippen molar-refractivity contribution >= 4 is 21.9 Å². The number of hydrogen-bond donors (Lipinski definition) is 0. The molecule has 0 radical (unpaired) electrons. The summed E-state index contributed by atoms with van der Waals surface area (Å²) in [5.41, 5.74) is 0. The Hall–Kier alpha value is -0.230. The molecule has 0 spiro atoms. The first-order valence-corrected chi connectivity index (χ1v) is 4.91. The summed E-state index contributed by atoms with van der Waals surface area (Å²) in [4.78, 5) is 0. The molecule has 0 bridgehead atoms. The van der Waals surface area contributed by atoms with Gasteiger partial charge in [0.05, 0.1) is 0 Å². The third kappa shape index (κ3) is 3.38. The molecule has 0 aliphatic rings. The molecule has 0 aromatic carbocycles. The second kappa shape index (κ2) is 3.66. The number of thioether (sulfide) groups is 1. The fourth-order valence-electron chi connectivity index (χ4n) is 0.258. The first kappa shape index (κ1) is 14.8. The molecule has 0 aliphatic carbocycles. The highest BCUT2D eigenvalue weighted by atomic mass is 32.3. The molecular formula is C3F7O3S2-. The lowest BCUT2D eigenvalue weighted by Crippen LogP contribution is -2.39. The van der Waals surface area contributed by atoms with Gasteiger partial charge in [0.15, 0.2) is 10.1 Å². The zero-order valence-electron chi connectivity index (χ0n) is 6.19. The molecule has 92 valence electrons. The first-order valence-electron chi connectivity index (χ1n) is 2.69. The van der Waals surface area contributed by atoms with Gasteiger partial charge in [0.25, 0.3) is 0 Å². The van der Waals surface area contributed by atoms with Crippen LogP contribution in [0.1, 0.15) is 0 Å². The van der Waals surface area contributed by atoms with Gasteiger partial charge in [-0.2, -0.15) is 30.7 Å². The van der Waals surface area contributed by atoms with Crippen molar-refractivity contribution < 1.29 is 43.7 Å². The summed E-state index contributed by atoms with van der Waals surface area (Å²) < 4.78 is 105. The van der Waals surface area contributed by atoms with E-state index in [0.717, 1.165) is 0 Å². The van der Waals surface area contributed by atoms with E-state index in [0.29, 0.717) is 0 Å². The molecule has 0 fully saturated rings. The van der Waals surface area contributed by atoms with Crippen molar-refractivity contribution in [3.8, 4) is 0 Å². The van der Waals surface area contributed by atoms with Crippen molar-refractivity contribution in [3.63, 3.8) is 0 Å². The molecule has 0 atom stereocenters. The van der Waals surface area contributed by atoms with Crippen LogP contribution in [0.3, 0.4) is 0 Å². The normalized spacial score (nSPS) is 15.5. The Morgan fingerprint density at radius 2 is 1.27 bits per heavy atom. The maximum absolute atomic E-state index is 12.0. The van der Waals surface area contributed by atoms with Crippen molar-refractivity contribution in [2.75, 3.05) is 0 Å². The molecule has 3 nitrogen and oxygen atoms in total. The number of rotatable bonds is 3. The van der Waals surface area contributed by atoms with Crippen LogP contribution in [0, 0.1) is 0 Å². The fraction of sp³-hybridized carbons (Fsp3) is 1.00. The van der Waals surface area contributed by atoms with Crippen molar-refractivity contribution in [1.29, 1.82) is 0 Å². The zero-order valence-corrected chi connectivity index (χ0v) is 7.82. The summed E-state index contributed by atoms with van der Waals surface area (Å²) in [6, 6.07) is 0. The predicted octanol–water partition coefficient (Wildman–Crippen LogP) is 1.97. The molecule has 0 aromatic heterocycles. The number of halogens is 7. The minimum absolute atomic E-state index is 2.57. The SMILES string of the molecule is O=S(=O)([O-])C(F)(F)SC(F)(F)C(F)(F)F. The van der Waals surface area contributed by atoms with Crippen LogP contribution in [0.5, 0.6) is 0 Å². The van der Waals surface area contributed by atoms with E-state index in [-0.39, 0.29) is 0 Å². The summed E-state index contributed by atoms with van der Waals surface area (Å²) in [6.07, 6.45) is -6.38. The molecule has 0 saturated heterocycles. The van der Waals surface area contributed by atoms with Gasteiger partial charge < -0.3 is 4.55 Å². The van der Waals surface area contributed by atoms with Crippen molar-refractivity contribution in [1.82, 2.24) is 0 Å². The van der Waals surface area contributed by atoms with E-state index in [1.54, 1.807) is 0 Å². The lowest BCUT2D eigenvalue weighted by Gasteiger charge is -2.25. The molecule has 0 heterocycles. The highest BCUT2D eigenvalue weighted by molar-refractivity contribution is 8.13. The first-order chi connectivity index (χ1) is 6.21. The van der Waals surface area contributed by atoms with E-state index >= 15 is 0 Å². The highest BCUT2D eigenvalue weighted by Crippen LogP contribution is 2.52. The van der Waals surface area contributed by atoms with Gasteiger partial charge in [-0.05, 0) is 0 Å². The standard InChI is InChI=1S/C3HF7O3S2/c4-1(5,6)2(7,8)14-3(9,10)15(11,12)13/h(H,11,12,13)/p-1. The Balaban J connectivity index is 5.07. The van der Waals surface area contributed by atoms with Gasteiger partial charge in [-0.1, -0.05) is 0 Å². The largest absolute Gasteiger partial charge is 0.743 e. The quantitative estimate of drug-likeness (QED) is 0.586. The Morgan fingerprint density at radius 3 is 1.47 bits per heavy atom. The van der Waals surface area contributed by atoms with E-state index < -0.39 is 37.9 Å². The third-order valence-electron chi connectivity index (χ3n) is 0.868. The van der Waals surface area contributed by atoms with Crippen molar-refractivity contribution in [2.45, 2.75) is 16.0 Å². The summed E-state index contributed by atoms with van der Waals surface area (Å²) in [5.74, 6) is 0. The molecule has 0 aromatic rings. The Morgan fingerprint density at radius 1 is 0.933 bits per heavy atom. The topological polar surface area (TPSA) is 57.2 Å². The monoisotopic (exact) mass is 281 g/mol. The average molecular weight is 281 g/mol. The molecule has 0 saturated carbocycles. The van der Waals surface area contributed by atoms with E-state index in [1.807, 2.05) is 0 Å². The minimum Gasteiger partial charge on any atom is -0.743 e. The molecule has 0 rings (SSSR count). The summed E-state index contributed by atoms with van der Waals surface area (Å²) in [7, 11) is -6.60. The van der Waals surface area contributed by atoms with Crippen LogP contribution in [-0.4, -0.2) is 29.0 Å². The Kier molecular flexibility index (Phi) is 3.60. The van der Waals surface area contributed by atoms with Crippen molar-refractivity contribution in [3.05, 3.63) is 0 Å². The lowest BCUT2D eigenvalue weighted by atomic mass is 10.7. The second-order valence-electron chi connectivity index (χ2n) is 2.03. The van der Waals surface area contributed by atoms with Gasteiger partial charge in [-0.3, -0.25) is 0 Å². The van der Waals surface area contributed by atoms with Crippen LogP contribution in [0.2, 0.25) is 0 Å². The van der Waals surface area contributed by atoms with Crippen LogP contribution in [-0.2, 0) is 10.1 Å². The molecule has 0 unspecified atom stereocenters. The number of alkyl halides is 7. The van der Waals surface area contributed by atoms with E-state index in [2.05, 4.69) is 0 Å². The Bertz CT molecular complexity index is 330. The van der Waals surface area contributed by atoms with E-state index in [4.69, 9.17) is 0 Å². The fourth-order valence-corrected chi connectivity index (χ4v) is 1.39. The summed E-state index contributed by atoms with van der Waals surface area (Å²) in [6.45, 7) is 0. The molecule has 0 N–H and O–H groups in total. The number of hydrogen-bond acceptors (Lipinski definition) is 4. The Labute approximate surface area is 82.4 Å². The second-order valence-corrected chi connectivity index (χ2v) is 4.94. The van der Waals surface area contributed by atoms with Gasteiger partial charge in [0.1, 0.15) is 0 Å². The lowest BCUT2D eigenvalue weighted by molar-refractivity contribution is -0.238. The van der Waals surface area contributed by atoms with Crippen LogP contribution in [0.15, 0.2) is 0 Å². The summed E-state index contributed by atoms with van der Waals surface area (Å²) >= 11 is -2.57. The minimum atomic E-state index is -6.60. The van der Waals surface area contributed by atoms with E-state index in [9.17, 15) is 43.7 Å². The van der Waals surface area contributed by atoms with Gasteiger partial charge >= 0.3 is 16.0 Å². The predicted molar refractivity (Wildman–Crippen MR) is 33.2 cm³/mol. The molecular weight excluding hydrogens is 281 g/mol. The van der Waals surface area contributed by atoms with Gasteiger partial charge in [0.2, 0.25) is 0 Å². The zero-order chi connectivity index (χ0) is 12.7. The smallest absolute Gasteiger partial charge is 0.464 e. The van der Waals surface area contributed by atoms with Gasteiger partial charge in [-0.15, -0.1) is 0 Å². The van der Waals surface area contributed by atoms with Crippen LogP contribution < -0.4 is 0 Å². The maximum atomic E-state index is 12.0. The molecule has 0 amide bonds. The van der Waals surface area contributed by atoms with Crippen LogP contribution >= 0.6 is 11.8 Å². The summed E-state index contributed by atoms with van der Waals surface area (Å²) in [5, 5.41) is -6.03. The molecule has 15 heavy (non-hydrogen) atoms. The van der Waals surface area contributed by atoms with Gasteiger partial charge in [-0.25, -0.2) is 8.42 Å². The average Bonchev–Trinajstić information content (AvgIpc) is 1.77. The van der Waals surface area contributed by atoms with Crippen LogP contribution in [0.25, 0.3) is 0 Å². The van der Waals surface area contributed by atoms with Crippen molar-refractivity contribution in [2.24, 2.45) is 0 Å². The molecule has 0 aliphatic heterocycles. The molecule has 12 heteroatoms. The van der Waals surface area contributed by atoms with Crippen LogP contribution in [0.4, 0.5) is 30.7 Å². The maximum Gasteiger partial charge on any atom is 0.464 e.